The summed E-state index contributed by atoms with van der Waals surface area (Å²) in [6.07, 6.45) is 0.699. The fourth-order valence-corrected chi connectivity index (χ4v) is 7.17. The number of rotatable bonds is 3. The largest absolute Gasteiger partial charge is 0.306 e. The van der Waals surface area contributed by atoms with E-state index in [1.807, 2.05) is 43.3 Å². The molecule has 7 nitrogen and oxygen atoms in total. The highest BCUT2D eigenvalue weighted by Crippen LogP contribution is 2.57. The van der Waals surface area contributed by atoms with E-state index in [1.54, 1.807) is 36.4 Å². The van der Waals surface area contributed by atoms with Gasteiger partial charge < -0.3 is 4.57 Å². The van der Waals surface area contributed by atoms with Crippen LogP contribution in [-0.2, 0) is 22.5 Å². The molecule has 0 amide bonds. The van der Waals surface area contributed by atoms with Crippen molar-refractivity contribution < 1.29 is 8.42 Å². The summed E-state index contributed by atoms with van der Waals surface area (Å²) in [6, 6.07) is 23.1. The summed E-state index contributed by atoms with van der Waals surface area (Å²) in [4.78, 5) is 27.2. The molecule has 0 saturated carbocycles. The zero-order valence-corrected chi connectivity index (χ0v) is 20.6. The van der Waals surface area contributed by atoms with Crippen molar-refractivity contribution in [1.82, 2.24) is 9.13 Å². The quantitative estimate of drug-likeness (QED) is 0.432. The molecule has 2 atom stereocenters. The summed E-state index contributed by atoms with van der Waals surface area (Å²) >= 11 is 0. The Morgan fingerprint density at radius 1 is 0.861 bits per heavy atom. The topological polar surface area (TPSA) is 81.4 Å². The van der Waals surface area contributed by atoms with Gasteiger partial charge >= 0.3 is 0 Å². The Balaban J connectivity index is 1.80. The molecule has 180 valence electrons. The maximum Gasteiger partial charge on any atom is 0.276 e. The maximum atomic E-state index is 14.2. The fraction of sp³-hybridized carbons (Fsp3) is 0.143. The van der Waals surface area contributed by atoms with Crippen LogP contribution in [0.15, 0.2) is 93.3 Å². The van der Waals surface area contributed by atoms with Gasteiger partial charge in [0.1, 0.15) is 16.9 Å². The summed E-state index contributed by atoms with van der Waals surface area (Å²) in [5, 5.41) is 0.133. The molecular weight excluding hydrogens is 474 g/mol. The minimum atomic E-state index is -4.13. The van der Waals surface area contributed by atoms with E-state index in [0.717, 1.165) is 11.1 Å². The molecule has 0 saturated heterocycles. The molecule has 0 aliphatic carbocycles. The molecule has 2 aliphatic heterocycles. The summed E-state index contributed by atoms with van der Waals surface area (Å²) in [5.74, 6) is 0. The Hall–Kier alpha value is -4.17. The van der Waals surface area contributed by atoms with Crippen molar-refractivity contribution in [3.05, 3.63) is 127 Å². The van der Waals surface area contributed by atoms with Crippen molar-refractivity contribution >= 4 is 28.4 Å². The lowest BCUT2D eigenvalue weighted by atomic mass is 9.74. The monoisotopic (exact) mass is 497 g/mol. The molecular formula is C28H23N3O4S. The number of para-hydroxylation sites is 1. The number of nitrogens with zero attached hydrogens (tertiary/aromatic N) is 3. The van der Waals surface area contributed by atoms with Crippen molar-refractivity contribution in [3.63, 3.8) is 0 Å². The van der Waals surface area contributed by atoms with E-state index >= 15 is 0 Å². The van der Waals surface area contributed by atoms with Gasteiger partial charge in [-0.05, 0) is 42.3 Å². The van der Waals surface area contributed by atoms with E-state index < -0.39 is 32.7 Å². The highest BCUT2D eigenvalue weighted by Gasteiger charge is 2.59. The lowest BCUT2D eigenvalue weighted by molar-refractivity contribution is 0.430. The van der Waals surface area contributed by atoms with Gasteiger partial charge in [0.15, 0.2) is 0 Å². The van der Waals surface area contributed by atoms with Gasteiger partial charge in [-0.25, -0.2) is 12.7 Å². The van der Waals surface area contributed by atoms with Gasteiger partial charge in [-0.15, -0.1) is 0 Å². The van der Waals surface area contributed by atoms with Crippen LogP contribution in [0.1, 0.15) is 22.9 Å². The van der Waals surface area contributed by atoms with Gasteiger partial charge in [0.05, 0.1) is 16.0 Å². The predicted octanol–water partition coefficient (Wildman–Crippen LogP) is 1.75. The van der Waals surface area contributed by atoms with E-state index in [9.17, 15) is 18.0 Å². The van der Waals surface area contributed by atoms with Crippen molar-refractivity contribution in [2.45, 2.75) is 23.4 Å². The third kappa shape index (κ3) is 2.70. The third-order valence-electron chi connectivity index (χ3n) is 7.31. The predicted molar refractivity (Wildman–Crippen MR) is 139 cm³/mol. The molecule has 1 aromatic heterocycles. The van der Waals surface area contributed by atoms with E-state index in [4.69, 9.17) is 0 Å². The van der Waals surface area contributed by atoms with Gasteiger partial charge in [0, 0.05) is 7.05 Å². The number of anilines is 1. The average Bonchev–Trinajstić information content (AvgIpc) is 3.38. The molecule has 3 heterocycles. The zero-order valence-electron chi connectivity index (χ0n) is 19.8. The highest BCUT2D eigenvalue weighted by atomic mass is 32.2. The molecule has 0 spiro atoms. The molecule has 0 unspecified atom stereocenters. The molecule has 0 N–H and O–H groups in total. The lowest BCUT2D eigenvalue weighted by Gasteiger charge is -2.34. The molecule has 6 rings (SSSR count). The lowest BCUT2D eigenvalue weighted by Crippen LogP contribution is -2.58. The number of benzene rings is 3. The van der Waals surface area contributed by atoms with Crippen LogP contribution in [0.2, 0.25) is 0 Å². The van der Waals surface area contributed by atoms with Crippen molar-refractivity contribution in [2.24, 2.45) is 7.05 Å². The van der Waals surface area contributed by atoms with E-state index in [0.29, 0.717) is 11.3 Å². The first kappa shape index (κ1) is 22.3. The van der Waals surface area contributed by atoms with E-state index in [2.05, 4.69) is 6.58 Å². The Morgan fingerprint density at radius 2 is 1.50 bits per heavy atom. The highest BCUT2D eigenvalue weighted by molar-refractivity contribution is 7.92. The van der Waals surface area contributed by atoms with Crippen LogP contribution < -0.4 is 26.1 Å². The van der Waals surface area contributed by atoms with Crippen LogP contribution in [0.4, 0.5) is 5.69 Å². The summed E-state index contributed by atoms with van der Waals surface area (Å²) < 4.78 is 32.3. The molecule has 0 fully saturated rings. The molecule has 3 aromatic carbocycles. The molecule has 2 aliphatic rings. The van der Waals surface area contributed by atoms with Crippen LogP contribution in [0.25, 0.3) is 12.7 Å². The van der Waals surface area contributed by atoms with E-state index in [-0.39, 0.29) is 15.6 Å². The van der Waals surface area contributed by atoms with Crippen LogP contribution in [-0.4, -0.2) is 17.6 Å². The van der Waals surface area contributed by atoms with Crippen LogP contribution in [0, 0.1) is 6.92 Å². The molecule has 0 bridgehead atoms. The van der Waals surface area contributed by atoms with Crippen LogP contribution in [0.3, 0.4) is 0 Å². The number of fused-ring (bicyclic) bond motifs is 5. The summed E-state index contributed by atoms with van der Waals surface area (Å²) in [5.41, 5.74) is 0.972. The van der Waals surface area contributed by atoms with Crippen molar-refractivity contribution in [2.75, 3.05) is 4.31 Å². The van der Waals surface area contributed by atoms with Crippen molar-refractivity contribution in [3.8, 4) is 0 Å². The Bertz CT molecular complexity index is 1890. The van der Waals surface area contributed by atoms with Gasteiger partial charge in [-0.2, -0.15) is 0 Å². The standard InChI is InChI=1S/C28H23N3O4S/c1-18-13-15-20(16-14-18)28-17-24-26(33)29(3)19(2)25(32)30(24)27(28)31(23-12-8-7-11-22(23)28)36(34,35)21-9-5-4-6-10-21/h4-17,27H,2H2,1,3H3/t27-,28-/m0/s1. The second kappa shape index (κ2) is 7.41. The molecule has 36 heavy (non-hydrogen) atoms. The number of sulfonamides is 1. The first-order valence-electron chi connectivity index (χ1n) is 11.5. The minimum Gasteiger partial charge on any atom is -0.306 e. The van der Waals surface area contributed by atoms with E-state index in [1.165, 1.54) is 32.6 Å². The first-order chi connectivity index (χ1) is 17.2. The molecule has 8 heteroatoms. The number of aryl methyl sites for hydroxylation is 1. The average molecular weight is 498 g/mol. The third-order valence-corrected chi connectivity index (χ3v) is 9.09. The summed E-state index contributed by atoms with van der Waals surface area (Å²) in [6.45, 7) is 5.79. The fourth-order valence-electron chi connectivity index (χ4n) is 5.50. The van der Waals surface area contributed by atoms with Crippen LogP contribution >= 0.6 is 0 Å². The number of hydrogen-bond donors (Lipinski definition) is 0. The smallest absolute Gasteiger partial charge is 0.276 e. The summed E-state index contributed by atoms with van der Waals surface area (Å²) in [7, 11) is -2.63. The SMILES string of the molecule is C=c1c(=O)n2c(c(=O)n1C)=C[C@]1(c3ccc(C)cc3)c3ccccc3N(S(=O)(=O)c3ccccc3)[C@H]21. The normalized spacial score (nSPS) is 19.9. The molecule has 4 aromatic rings. The Morgan fingerprint density at radius 3 is 2.19 bits per heavy atom. The van der Waals surface area contributed by atoms with Gasteiger partial charge in [-0.3, -0.25) is 14.2 Å². The maximum absolute atomic E-state index is 14.2. The number of hydrogen-bond acceptors (Lipinski definition) is 4. The second-order valence-electron chi connectivity index (χ2n) is 9.26. The minimum absolute atomic E-state index is 0.00938. The van der Waals surface area contributed by atoms with Gasteiger partial charge in [-0.1, -0.05) is 72.8 Å². The zero-order chi connectivity index (χ0) is 25.4. The number of aromatic nitrogens is 2. The van der Waals surface area contributed by atoms with Gasteiger partial charge in [0.2, 0.25) is 0 Å². The molecule has 0 radical (unpaired) electrons. The Labute approximate surface area is 207 Å². The van der Waals surface area contributed by atoms with Gasteiger partial charge in [0.25, 0.3) is 21.1 Å². The first-order valence-corrected chi connectivity index (χ1v) is 12.9. The Kier molecular flexibility index (Phi) is 4.59. The van der Waals surface area contributed by atoms with Crippen molar-refractivity contribution in [1.29, 1.82) is 0 Å². The van der Waals surface area contributed by atoms with Crippen LogP contribution in [0.5, 0.6) is 0 Å². The second-order valence-corrected chi connectivity index (χ2v) is 11.1.